The van der Waals surface area contributed by atoms with Crippen molar-refractivity contribution in [2.75, 3.05) is 0 Å². The molecule has 14 heavy (non-hydrogen) atoms. The van der Waals surface area contributed by atoms with Gasteiger partial charge in [-0.3, -0.25) is 0 Å². The van der Waals surface area contributed by atoms with Crippen molar-refractivity contribution >= 4 is 43.2 Å². The van der Waals surface area contributed by atoms with Gasteiger partial charge in [0.15, 0.2) is 3.92 Å². The molecule has 6 heteroatoms. The monoisotopic (exact) mass is 336 g/mol. The molecule has 2 nitrogen and oxygen atoms in total. The number of rotatable bonds is 1. The average Bonchev–Trinajstić information content (AvgIpc) is 2.50. The summed E-state index contributed by atoms with van der Waals surface area (Å²) < 4.78 is 14.4. The third kappa shape index (κ3) is 2.18. The summed E-state index contributed by atoms with van der Waals surface area (Å²) in [6.45, 7) is 0. The fourth-order valence-electron chi connectivity index (χ4n) is 0.999. The van der Waals surface area contributed by atoms with Crippen LogP contribution in [0.5, 0.6) is 0 Å². The highest BCUT2D eigenvalue weighted by Crippen LogP contribution is 2.28. The normalized spacial score (nSPS) is 10.5. The van der Waals surface area contributed by atoms with Gasteiger partial charge in [0.05, 0.1) is 0 Å². The second-order valence-corrected chi connectivity index (χ2v) is 5.69. The third-order valence-corrected chi connectivity index (χ3v) is 3.37. The van der Waals surface area contributed by atoms with Gasteiger partial charge in [-0.25, -0.2) is 4.39 Å². The molecule has 0 radical (unpaired) electrons. The molecular weight excluding hydrogens is 335 g/mol. The van der Waals surface area contributed by atoms with Gasteiger partial charge in [0.2, 0.25) is 0 Å². The van der Waals surface area contributed by atoms with Crippen molar-refractivity contribution < 1.29 is 4.39 Å². The lowest BCUT2D eigenvalue weighted by Crippen LogP contribution is -1.80. The smallest absolute Gasteiger partial charge is 0.183 e. The molecule has 0 aliphatic carbocycles. The van der Waals surface area contributed by atoms with Gasteiger partial charge in [0.25, 0.3) is 0 Å². The van der Waals surface area contributed by atoms with Crippen LogP contribution in [0, 0.1) is 5.82 Å². The lowest BCUT2D eigenvalue weighted by atomic mass is 10.2. The Bertz CT molecular complexity index is 452. The van der Waals surface area contributed by atoms with Gasteiger partial charge in [-0.05, 0) is 34.1 Å². The van der Waals surface area contributed by atoms with Gasteiger partial charge >= 0.3 is 0 Å². The largest absolute Gasteiger partial charge is 0.207 e. The van der Waals surface area contributed by atoms with Crippen LogP contribution in [0.3, 0.4) is 0 Å². The Balaban J connectivity index is 2.51. The number of aromatic nitrogens is 2. The molecule has 0 amide bonds. The highest BCUT2D eigenvalue weighted by atomic mass is 79.9. The Hall–Kier alpha value is -0.330. The minimum Gasteiger partial charge on any atom is -0.207 e. The minimum atomic E-state index is -0.291. The summed E-state index contributed by atoms with van der Waals surface area (Å²) in [5.41, 5.74) is 0.722. The Morgan fingerprint density at radius 3 is 2.50 bits per heavy atom. The van der Waals surface area contributed by atoms with Crippen LogP contribution in [0.15, 0.2) is 26.6 Å². The molecule has 0 aliphatic rings. The summed E-state index contributed by atoms with van der Waals surface area (Å²) in [7, 11) is 0. The maximum atomic E-state index is 13.0. The summed E-state index contributed by atoms with van der Waals surface area (Å²) in [6, 6.07) is 4.63. The molecule has 0 fully saturated rings. The van der Waals surface area contributed by atoms with E-state index in [1.54, 1.807) is 6.07 Å². The first-order chi connectivity index (χ1) is 6.65. The van der Waals surface area contributed by atoms with Crippen LogP contribution in [-0.4, -0.2) is 10.2 Å². The maximum Gasteiger partial charge on any atom is 0.183 e. The zero-order valence-corrected chi connectivity index (χ0v) is 10.7. The number of halogens is 3. The van der Waals surface area contributed by atoms with E-state index in [1.165, 1.54) is 23.5 Å². The number of nitrogens with zero attached hydrogens (tertiary/aromatic N) is 2. The van der Waals surface area contributed by atoms with Crippen molar-refractivity contribution in [3.63, 3.8) is 0 Å². The molecule has 0 saturated carbocycles. The van der Waals surface area contributed by atoms with E-state index in [9.17, 15) is 4.39 Å². The fraction of sp³-hybridized carbons (Fsp3) is 0. The molecule has 0 saturated heterocycles. The summed E-state index contributed by atoms with van der Waals surface area (Å²) in [6.07, 6.45) is 0. The summed E-state index contributed by atoms with van der Waals surface area (Å²) in [4.78, 5) is 0. The Kier molecular flexibility index (Phi) is 2.94. The Morgan fingerprint density at radius 1 is 1.14 bits per heavy atom. The van der Waals surface area contributed by atoms with E-state index in [1.807, 2.05) is 0 Å². The Morgan fingerprint density at radius 2 is 1.93 bits per heavy atom. The van der Waals surface area contributed by atoms with E-state index in [4.69, 9.17) is 0 Å². The van der Waals surface area contributed by atoms with Crippen molar-refractivity contribution in [1.82, 2.24) is 10.2 Å². The summed E-state index contributed by atoms with van der Waals surface area (Å²) >= 11 is 7.79. The van der Waals surface area contributed by atoms with Crippen LogP contribution in [0.1, 0.15) is 0 Å². The van der Waals surface area contributed by atoms with E-state index in [0.29, 0.717) is 13.4 Å². The highest BCUT2D eigenvalue weighted by Gasteiger charge is 2.06. The molecule has 0 spiro atoms. The lowest BCUT2D eigenvalue weighted by molar-refractivity contribution is 0.627. The van der Waals surface area contributed by atoms with E-state index in [0.717, 1.165) is 5.56 Å². The predicted molar refractivity (Wildman–Crippen MR) is 60.7 cm³/mol. The molecule has 0 unspecified atom stereocenters. The van der Waals surface area contributed by atoms with Crippen molar-refractivity contribution in [2.45, 2.75) is 0 Å². The van der Waals surface area contributed by atoms with Crippen LogP contribution in [0.2, 0.25) is 0 Å². The van der Waals surface area contributed by atoms with Gasteiger partial charge in [0, 0.05) is 10.0 Å². The third-order valence-electron chi connectivity index (χ3n) is 1.51. The zero-order valence-electron chi connectivity index (χ0n) is 6.67. The van der Waals surface area contributed by atoms with E-state index in [-0.39, 0.29) is 5.82 Å². The van der Waals surface area contributed by atoms with Crippen LogP contribution in [0.25, 0.3) is 10.6 Å². The van der Waals surface area contributed by atoms with Crippen molar-refractivity contribution in [2.24, 2.45) is 0 Å². The van der Waals surface area contributed by atoms with Crippen molar-refractivity contribution in [3.05, 3.63) is 32.4 Å². The molecule has 1 aromatic heterocycles. The summed E-state index contributed by atoms with van der Waals surface area (Å²) in [5, 5.41) is 8.39. The lowest BCUT2D eigenvalue weighted by Gasteiger charge is -1.96. The second kappa shape index (κ2) is 4.04. The standard InChI is InChI=1S/C8H3Br2FN2S/c9-5-1-4(2-6(11)3-5)7-12-13-8(10)14-7/h1-3H. The fourth-order valence-corrected chi connectivity index (χ4v) is 2.56. The average molecular weight is 338 g/mol. The number of hydrogen-bond donors (Lipinski definition) is 0. The van der Waals surface area contributed by atoms with Crippen LogP contribution in [0.4, 0.5) is 4.39 Å². The first-order valence-corrected chi connectivity index (χ1v) is 6.01. The maximum absolute atomic E-state index is 13.0. The molecular formula is C8H3Br2FN2S. The van der Waals surface area contributed by atoms with E-state index >= 15 is 0 Å². The topological polar surface area (TPSA) is 25.8 Å². The number of benzene rings is 1. The Labute approximate surface area is 100 Å². The molecule has 1 heterocycles. The minimum absolute atomic E-state index is 0.291. The van der Waals surface area contributed by atoms with E-state index < -0.39 is 0 Å². The number of hydrogen-bond acceptors (Lipinski definition) is 3. The molecule has 1 aromatic carbocycles. The first kappa shape index (κ1) is 10.2. The van der Waals surface area contributed by atoms with E-state index in [2.05, 4.69) is 42.1 Å². The highest BCUT2D eigenvalue weighted by molar-refractivity contribution is 9.11. The summed E-state index contributed by atoms with van der Waals surface area (Å²) in [5.74, 6) is -0.291. The first-order valence-electron chi connectivity index (χ1n) is 3.60. The molecule has 72 valence electrons. The molecule has 0 N–H and O–H groups in total. The van der Waals surface area contributed by atoms with Crippen molar-refractivity contribution in [3.8, 4) is 10.6 Å². The molecule has 2 rings (SSSR count). The quantitative estimate of drug-likeness (QED) is 0.789. The molecule has 0 aliphatic heterocycles. The van der Waals surface area contributed by atoms with Crippen molar-refractivity contribution in [1.29, 1.82) is 0 Å². The van der Waals surface area contributed by atoms with Crippen LogP contribution < -0.4 is 0 Å². The molecule has 0 atom stereocenters. The van der Waals surface area contributed by atoms with Gasteiger partial charge < -0.3 is 0 Å². The van der Waals surface area contributed by atoms with Gasteiger partial charge in [0.1, 0.15) is 10.8 Å². The second-order valence-electron chi connectivity index (χ2n) is 2.52. The predicted octanol–water partition coefficient (Wildman–Crippen LogP) is 3.87. The van der Waals surface area contributed by atoms with Gasteiger partial charge in [-0.1, -0.05) is 27.3 Å². The van der Waals surface area contributed by atoms with Gasteiger partial charge in [-0.2, -0.15) is 0 Å². The molecule has 0 bridgehead atoms. The SMILES string of the molecule is Fc1cc(Br)cc(-c2nnc(Br)s2)c1. The van der Waals surface area contributed by atoms with Crippen LogP contribution in [-0.2, 0) is 0 Å². The molecule has 2 aromatic rings. The zero-order chi connectivity index (χ0) is 10.1. The van der Waals surface area contributed by atoms with Crippen LogP contribution >= 0.6 is 43.2 Å². The van der Waals surface area contributed by atoms with Gasteiger partial charge in [-0.15, -0.1) is 10.2 Å².